The number of benzene rings is 1. The number of carboxylic acids is 1. The van der Waals surface area contributed by atoms with Crippen LogP contribution in [0.5, 0.6) is 0 Å². The predicted molar refractivity (Wildman–Crippen MR) is 79.0 cm³/mol. The van der Waals surface area contributed by atoms with Crippen LogP contribution in [0.2, 0.25) is 5.28 Å². The van der Waals surface area contributed by atoms with E-state index in [2.05, 4.69) is 15.3 Å². The molecule has 1 aromatic carbocycles. The third-order valence-corrected chi connectivity index (χ3v) is 3.52. The summed E-state index contributed by atoms with van der Waals surface area (Å²) in [5.41, 5.74) is 0.684. The smallest absolute Gasteiger partial charge is 0.326 e. The van der Waals surface area contributed by atoms with Crippen molar-refractivity contribution in [3.63, 3.8) is 0 Å². The first-order valence-electron chi connectivity index (χ1n) is 6.44. The molecule has 0 fully saturated rings. The molecule has 0 radical (unpaired) electrons. The van der Waals surface area contributed by atoms with Crippen LogP contribution in [-0.4, -0.2) is 27.1 Å². The van der Waals surface area contributed by atoms with E-state index in [0.29, 0.717) is 11.3 Å². The summed E-state index contributed by atoms with van der Waals surface area (Å²) >= 11 is 5.89. The zero-order valence-corrected chi connectivity index (χ0v) is 12.1. The van der Waals surface area contributed by atoms with Crippen LogP contribution in [0.1, 0.15) is 20.3 Å². The van der Waals surface area contributed by atoms with Crippen molar-refractivity contribution in [1.29, 1.82) is 0 Å². The Hall–Kier alpha value is -1.88. The summed E-state index contributed by atoms with van der Waals surface area (Å²) in [5.74, 6) is -0.480. The second-order valence-electron chi connectivity index (χ2n) is 4.70. The van der Waals surface area contributed by atoms with Gasteiger partial charge in [-0.05, 0) is 29.7 Å². The number of halogens is 1. The van der Waals surface area contributed by atoms with E-state index in [9.17, 15) is 9.90 Å². The Morgan fingerprint density at radius 1 is 1.40 bits per heavy atom. The lowest BCUT2D eigenvalue weighted by atomic mass is 9.99. The molecule has 2 atom stereocenters. The Labute approximate surface area is 122 Å². The molecule has 1 heterocycles. The molecule has 2 N–H and O–H groups in total. The largest absolute Gasteiger partial charge is 0.480 e. The minimum Gasteiger partial charge on any atom is -0.480 e. The number of carboxylic acid groups (broad SMARTS) is 1. The molecular formula is C14H16ClN3O2. The van der Waals surface area contributed by atoms with Gasteiger partial charge in [0.25, 0.3) is 0 Å². The van der Waals surface area contributed by atoms with E-state index in [1.807, 2.05) is 38.1 Å². The van der Waals surface area contributed by atoms with Crippen molar-refractivity contribution >= 4 is 34.3 Å². The topological polar surface area (TPSA) is 75.1 Å². The molecule has 2 unspecified atom stereocenters. The number of aliphatic carboxylic acids is 1. The molecule has 0 spiro atoms. The standard InChI is InChI=1S/C14H16ClN3O2/c1-3-8(2)11(13(19)20)17-12-9-6-4-5-7-10(9)16-14(15)18-12/h4-8,11H,3H2,1-2H3,(H,19,20)(H,16,17,18). The zero-order valence-electron chi connectivity index (χ0n) is 11.3. The molecule has 0 aliphatic heterocycles. The van der Waals surface area contributed by atoms with E-state index in [0.717, 1.165) is 11.8 Å². The van der Waals surface area contributed by atoms with Gasteiger partial charge in [0.1, 0.15) is 11.9 Å². The summed E-state index contributed by atoms with van der Waals surface area (Å²) in [6.07, 6.45) is 0.751. The molecule has 0 amide bonds. The predicted octanol–water partition coefficient (Wildman–Crippen LogP) is 3.19. The van der Waals surface area contributed by atoms with Crippen molar-refractivity contribution in [2.75, 3.05) is 5.32 Å². The van der Waals surface area contributed by atoms with E-state index in [1.54, 1.807) is 0 Å². The number of nitrogens with zero attached hydrogens (tertiary/aromatic N) is 2. The van der Waals surface area contributed by atoms with Crippen molar-refractivity contribution in [2.24, 2.45) is 5.92 Å². The highest BCUT2D eigenvalue weighted by Crippen LogP contribution is 2.24. The molecule has 5 nitrogen and oxygen atoms in total. The molecule has 0 aliphatic carbocycles. The Bertz CT molecular complexity index is 633. The minimum atomic E-state index is -0.904. The van der Waals surface area contributed by atoms with E-state index < -0.39 is 12.0 Å². The van der Waals surface area contributed by atoms with E-state index in [4.69, 9.17) is 11.6 Å². The zero-order chi connectivity index (χ0) is 14.7. The van der Waals surface area contributed by atoms with Crippen LogP contribution >= 0.6 is 11.6 Å². The van der Waals surface area contributed by atoms with Crippen LogP contribution in [0.4, 0.5) is 5.82 Å². The Kier molecular flexibility index (Phi) is 4.39. The first kappa shape index (κ1) is 14.5. The van der Waals surface area contributed by atoms with Gasteiger partial charge in [0.2, 0.25) is 5.28 Å². The lowest BCUT2D eigenvalue weighted by molar-refractivity contribution is -0.139. The maximum Gasteiger partial charge on any atom is 0.326 e. The van der Waals surface area contributed by atoms with Gasteiger partial charge in [-0.3, -0.25) is 0 Å². The van der Waals surface area contributed by atoms with Gasteiger partial charge >= 0.3 is 5.97 Å². The van der Waals surface area contributed by atoms with Gasteiger partial charge in [-0.25, -0.2) is 14.8 Å². The number of hydrogen-bond donors (Lipinski definition) is 2. The lowest BCUT2D eigenvalue weighted by Crippen LogP contribution is -2.35. The quantitative estimate of drug-likeness (QED) is 0.828. The fourth-order valence-electron chi connectivity index (χ4n) is 1.99. The number of para-hydroxylation sites is 1. The van der Waals surface area contributed by atoms with E-state index in [-0.39, 0.29) is 11.2 Å². The molecule has 0 saturated heterocycles. The van der Waals surface area contributed by atoms with Crippen LogP contribution in [0.25, 0.3) is 10.9 Å². The first-order chi connectivity index (χ1) is 9.52. The van der Waals surface area contributed by atoms with E-state index >= 15 is 0 Å². The fourth-order valence-corrected chi connectivity index (χ4v) is 2.16. The third-order valence-electron chi connectivity index (χ3n) is 3.35. The van der Waals surface area contributed by atoms with Gasteiger partial charge in [0, 0.05) is 5.39 Å². The number of fused-ring (bicyclic) bond motifs is 1. The number of aromatic nitrogens is 2. The van der Waals surface area contributed by atoms with Gasteiger partial charge in [0.15, 0.2) is 0 Å². The normalized spacial score (nSPS) is 13.9. The highest BCUT2D eigenvalue weighted by atomic mass is 35.5. The lowest BCUT2D eigenvalue weighted by Gasteiger charge is -2.21. The molecule has 2 rings (SSSR count). The molecule has 2 aromatic rings. The Balaban J connectivity index is 2.44. The summed E-state index contributed by atoms with van der Waals surface area (Å²) in [7, 11) is 0. The number of hydrogen-bond acceptors (Lipinski definition) is 4. The molecule has 0 bridgehead atoms. The monoisotopic (exact) mass is 293 g/mol. The van der Waals surface area contributed by atoms with Crippen molar-refractivity contribution in [1.82, 2.24) is 9.97 Å². The van der Waals surface area contributed by atoms with Crippen molar-refractivity contribution in [3.8, 4) is 0 Å². The number of rotatable bonds is 5. The van der Waals surface area contributed by atoms with Crippen molar-refractivity contribution in [2.45, 2.75) is 26.3 Å². The van der Waals surface area contributed by atoms with Gasteiger partial charge < -0.3 is 10.4 Å². The van der Waals surface area contributed by atoms with Crippen LogP contribution in [0, 0.1) is 5.92 Å². The molecule has 0 aliphatic rings. The highest BCUT2D eigenvalue weighted by molar-refractivity contribution is 6.28. The first-order valence-corrected chi connectivity index (χ1v) is 6.82. The maximum atomic E-state index is 11.4. The SMILES string of the molecule is CCC(C)C(Nc1nc(Cl)nc2ccccc12)C(=O)O. The van der Waals surface area contributed by atoms with Gasteiger partial charge in [-0.2, -0.15) is 0 Å². The molecule has 20 heavy (non-hydrogen) atoms. The minimum absolute atomic E-state index is 0.0278. The van der Waals surface area contributed by atoms with Crippen molar-refractivity contribution < 1.29 is 9.90 Å². The van der Waals surface area contributed by atoms with Crippen LogP contribution in [0.3, 0.4) is 0 Å². The number of carbonyl (C=O) groups is 1. The molecule has 1 aromatic heterocycles. The highest BCUT2D eigenvalue weighted by Gasteiger charge is 2.24. The third kappa shape index (κ3) is 2.99. The summed E-state index contributed by atoms with van der Waals surface area (Å²) in [6, 6.07) is 6.63. The van der Waals surface area contributed by atoms with Crippen LogP contribution in [-0.2, 0) is 4.79 Å². The fraction of sp³-hybridized carbons (Fsp3) is 0.357. The second-order valence-corrected chi connectivity index (χ2v) is 5.04. The van der Waals surface area contributed by atoms with Crippen molar-refractivity contribution in [3.05, 3.63) is 29.5 Å². The summed E-state index contributed by atoms with van der Waals surface area (Å²) in [5, 5.41) is 13.2. The Morgan fingerprint density at radius 3 is 2.75 bits per heavy atom. The molecule has 6 heteroatoms. The Morgan fingerprint density at radius 2 is 2.10 bits per heavy atom. The van der Waals surface area contributed by atoms with Gasteiger partial charge in [0.05, 0.1) is 5.52 Å². The summed E-state index contributed by atoms with van der Waals surface area (Å²) < 4.78 is 0. The van der Waals surface area contributed by atoms with Gasteiger partial charge in [-0.1, -0.05) is 32.4 Å². The number of anilines is 1. The van der Waals surface area contributed by atoms with E-state index in [1.165, 1.54) is 0 Å². The molecule has 106 valence electrons. The maximum absolute atomic E-state index is 11.4. The van der Waals surface area contributed by atoms with Crippen LogP contribution < -0.4 is 5.32 Å². The summed E-state index contributed by atoms with van der Waals surface area (Å²) in [6.45, 7) is 3.84. The summed E-state index contributed by atoms with van der Waals surface area (Å²) in [4.78, 5) is 19.6. The molecular weight excluding hydrogens is 278 g/mol. The molecule has 0 saturated carbocycles. The number of nitrogens with one attached hydrogen (secondary N) is 1. The second kappa shape index (κ2) is 6.05. The average molecular weight is 294 g/mol. The van der Waals surface area contributed by atoms with Crippen LogP contribution in [0.15, 0.2) is 24.3 Å². The van der Waals surface area contributed by atoms with Gasteiger partial charge in [-0.15, -0.1) is 0 Å². The average Bonchev–Trinajstić information content (AvgIpc) is 2.43.